The molecule has 1 N–H and O–H groups in total. The molecule has 0 aliphatic rings. The molecule has 1 aromatic rings. The highest BCUT2D eigenvalue weighted by Crippen LogP contribution is 2.23. The summed E-state index contributed by atoms with van der Waals surface area (Å²) in [6.07, 6.45) is -2.57. The predicted octanol–water partition coefficient (Wildman–Crippen LogP) is 2.35. The summed E-state index contributed by atoms with van der Waals surface area (Å²) >= 11 is 3.01. The molecule has 0 aliphatic carbocycles. The monoisotopic (exact) mass is 266 g/mol. The maximum Gasteiger partial charge on any atom is 0.378 e. The smallest absolute Gasteiger partial charge is 0.378 e. The van der Waals surface area contributed by atoms with Gasteiger partial charge in [-0.25, -0.2) is 9.18 Å². The van der Waals surface area contributed by atoms with Crippen molar-refractivity contribution in [3.63, 3.8) is 0 Å². The third-order valence-electron chi connectivity index (χ3n) is 1.32. The summed E-state index contributed by atoms with van der Waals surface area (Å²) in [4.78, 5) is 10.1. The Bertz CT molecular complexity index is 356. The van der Waals surface area contributed by atoms with Crippen molar-refractivity contribution >= 4 is 21.9 Å². The molecule has 0 aromatic heterocycles. The van der Waals surface area contributed by atoms with Crippen molar-refractivity contribution in [3.8, 4) is 5.75 Å². The number of hydrogen-bond acceptors (Lipinski definition) is 2. The van der Waals surface area contributed by atoms with Crippen LogP contribution in [0.5, 0.6) is 5.75 Å². The van der Waals surface area contributed by atoms with Crippen molar-refractivity contribution in [2.75, 3.05) is 0 Å². The maximum absolute atomic E-state index is 12.9. The van der Waals surface area contributed by atoms with Gasteiger partial charge in [0.2, 0.25) is 0 Å². The van der Waals surface area contributed by atoms with Gasteiger partial charge < -0.3 is 9.84 Å². The van der Waals surface area contributed by atoms with E-state index in [9.17, 15) is 13.6 Å². The van der Waals surface area contributed by atoms with Crippen LogP contribution in [0, 0.1) is 5.82 Å². The fourth-order valence-electron chi connectivity index (χ4n) is 0.729. The topological polar surface area (TPSA) is 46.5 Å². The molecule has 6 heteroatoms. The van der Waals surface area contributed by atoms with Crippen molar-refractivity contribution in [2.24, 2.45) is 0 Å². The normalized spacial score (nSPS) is 12.2. The van der Waals surface area contributed by atoms with Crippen LogP contribution in [-0.4, -0.2) is 17.4 Å². The maximum atomic E-state index is 12.9. The molecule has 0 bridgehead atoms. The molecule has 0 amide bonds. The average molecular weight is 267 g/mol. The van der Waals surface area contributed by atoms with Gasteiger partial charge in [-0.15, -0.1) is 0 Å². The highest BCUT2D eigenvalue weighted by atomic mass is 79.9. The van der Waals surface area contributed by atoms with Crippen molar-refractivity contribution in [2.45, 2.75) is 6.36 Å². The number of benzene rings is 1. The molecule has 1 unspecified atom stereocenters. The highest BCUT2D eigenvalue weighted by Gasteiger charge is 2.19. The molecule has 14 heavy (non-hydrogen) atoms. The van der Waals surface area contributed by atoms with Crippen molar-refractivity contribution in [3.05, 3.63) is 28.5 Å². The van der Waals surface area contributed by atoms with Crippen molar-refractivity contribution in [1.82, 2.24) is 0 Å². The summed E-state index contributed by atoms with van der Waals surface area (Å²) in [5.74, 6) is -3.07. The van der Waals surface area contributed by atoms with Crippen LogP contribution in [0.2, 0.25) is 0 Å². The molecule has 0 aliphatic heterocycles. The third-order valence-corrected chi connectivity index (χ3v) is 1.81. The van der Waals surface area contributed by atoms with E-state index in [-0.39, 0.29) is 0 Å². The summed E-state index contributed by atoms with van der Waals surface area (Å²) in [7, 11) is 0. The van der Waals surface area contributed by atoms with E-state index in [2.05, 4.69) is 20.7 Å². The van der Waals surface area contributed by atoms with E-state index in [1.807, 2.05) is 0 Å². The Morgan fingerprint density at radius 2 is 2.21 bits per heavy atom. The Balaban J connectivity index is 2.85. The molecule has 1 atom stereocenters. The average Bonchev–Trinajstić information content (AvgIpc) is 2.11. The SMILES string of the molecule is O=C(O)C(F)Oc1cc(Br)ccc1F. The van der Waals surface area contributed by atoms with Gasteiger partial charge >= 0.3 is 12.3 Å². The first-order chi connectivity index (χ1) is 6.50. The molecule has 0 saturated carbocycles. The van der Waals surface area contributed by atoms with Crippen molar-refractivity contribution < 1.29 is 23.4 Å². The molecule has 76 valence electrons. The zero-order valence-corrected chi connectivity index (χ0v) is 8.29. The minimum atomic E-state index is -2.57. The molecule has 3 nitrogen and oxygen atoms in total. The number of rotatable bonds is 3. The summed E-state index contributed by atoms with van der Waals surface area (Å²) in [6, 6.07) is 3.56. The molecular weight excluding hydrogens is 262 g/mol. The lowest BCUT2D eigenvalue weighted by atomic mass is 10.3. The standard InChI is InChI=1S/C8H5BrF2O3/c9-4-1-2-5(10)6(3-4)14-7(11)8(12)13/h1-3,7H,(H,12,13). The lowest BCUT2D eigenvalue weighted by Crippen LogP contribution is -2.21. The molecule has 0 heterocycles. The lowest BCUT2D eigenvalue weighted by molar-refractivity contribution is -0.153. The van der Waals surface area contributed by atoms with Crippen LogP contribution in [0.3, 0.4) is 0 Å². The fraction of sp³-hybridized carbons (Fsp3) is 0.125. The fourth-order valence-corrected chi connectivity index (χ4v) is 1.07. The second kappa shape index (κ2) is 4.36. The van der Waals surface area contributed by atoms with Crippen LogP contribution in [-0.2, 0) is 4.79 Å². The number of alkyl halides is 1. The Labute approximate surface area is 86.4 Å². The first-order valence-corrected chi connectivity index (χ1v) is 4.28. The summed E-state index contributed by atoms with van der Waals surface area (Å²) < 4.78 is 30.1. The van der Waals surface area contributed by atoms with Gasteiger partial charge in [0.15, 0.2) is 11.6 Å². The van der Waals surface area contributed by atoms with E-state index >= 15 is 0 Å². The largest absolute Gasteiger partial charge is 0.476 e. The molecular formula is C8H5BrF2O3. The van der Waals surface area contributed by atoms with Gasteiger partial charge in [-0.2, -0.15) is 4.39 Å². The van der Waals surface area contributed by atoms with Gasteiger partial charge in [0.1, 0.15) is 0 Å². The van der Waals surface area contributed by atoms with E-state index in [4.69, 9.17) is 5.11 Å². The van der Waals surface area contributed by atoms with E-state index in [1.165, 1.54) is 6.07 Å². The summed E-state index contributed by atoms with van der Waals surface area (Å²) in [6.45, 7) is 0. The van der Waals surface area contributed by atoms with Crippen LogP contribution < -0.4 is 4.74 Å². The first kappa shape index (κ1) is 10.9. The van der Waals surface area contributed by atoms with Gasteiger partial charge in [0.25, 0.3) is 0 Å². The second-order valence-electron chi connectivity index (χ2n) is 2.35. The number of carboxylic acids is 1. The Hall–Kier alpha value is -1.17. The minimum Gasteiger partial charge on any atom is -0.476 e. The Morgan fingerprint density at radius 1 is 1.57 bits per heavy atom. The van der Waals surface area contributed by atoms with Crippen LogP contribution in [0.1, 0.15) is 0 Å². The van der Waals surface area contributed by atoms with E-state index in [0.717, 1.165) is 12.1 Å². The van der Waals surface area contributed by atoms with Gasteiger partial charge in [-0.3, -0.25) is 0 Å². The summed E-state index contributed by atoms with van der Waals surface area (Å²) in [5.41, 5.74) is 0. The molecule has 0 radical (unpaired) electrons. The van der Waals surface area contributed by atoms with E-state index < -0.39 is 23.9 Å². The van der Waals surface area contributed by atoms with Crippen LogP contribution >= 0.6 is 15.9 Å². The minimum absolute atomic E-state index is 0.450. The quantitative estimate of drug-likeness (QED) is 0.914. The van der Waals surface area contributed by atoms with Gasteiger partial charge in [0, 0.05) is 4.47 Å². The Morgan fingerprint density at radius 3 is 2.79 bits per heavy atom. The van der Waals surface area contributed by atoms with Gasteiger partial charge in [0.05, 0.1) is 0 Å². The van der Waals surface area contributed by atoms with E-state index in [0.29, 0.717) is 4.47 Å². The zero-order chi connectivity index (χ0) is 10.7. The molecule has 1 aromatic carbocycles. The second-order valence-corrected chi connectivity index (χ2v) is 3.26. The molecule has 0 saturated heterocycles. The number of carbonyl (C=O) groups is 1. The number of ether oxygens (including phenoxy) is 1. The number of aliphatic carboxylic acids is 1. The number of halogens is 3. The van der Waals surface area contributed by atoms with Crippen LogP contribution in [0.25, 0.3) is 0 Å². The van der Waals surface area contributed by atoms with Crippen molar-refractivity contribution in [1.29, 1.82) is 0 Å². The zero-order valence-electron chi connectivity index (χ0n) is 6.71. The number of hydrogen-bond donors (Lipinski definition) is 1. The Kier molecular flexibility index (Phi) is 3.40. The van der Waals surface area contributed by atoms with Gasteiger partial charge in [-0.1, -0.05) is 15.9 Å². The van der Waals surface area contributed by atoms with Crippen LogP contribution in [0.15, 0.2) is 22.7 Å². The highest BCUT2D eigenvalue weighted by molar-refractivity contribution is 9.10. The molecule has 1 rings (SSSR count). The van der Waals surface area contributed by atoms with E-state index in [1.54, 1.807) is 0 Å². The lowest BCUT2D eigenvalue weighted by Gasteiger charge is -2.08. The first-order valence-electron chi connectivity index (χ1n) is 3.49. The number of carboxylic acid groups (broad SMARTS) is 1. The molecule has 0 spiro atoms. The summed E-state index contributed by atoms with van der Waals surface area (Å²) in [5, 5.41) is 8.17. The third kappa shape index (κ3) is 2.66. The molecule has 0 fully saturated rings. The van der Waals surface area contributed by atoms with Gasteiger partial charge in [-0.05, 0) is 18.2 Å². The van der Waals surface area contributed by atoms with Crippen LogP contribution in [0.4, 0.5) is 8.78 Å². The predicted molar refractivity (Wildman–Crippen MR) is 47.3 cm³/mol.